The largest absolute Gasteiger partial charge is 0.501 e. The minimum Gasteiger partial charge on any atom is -0.374 e. The third kappa shape index (κ3) is 14.9. The van der Waals surface area contributed by atoms with Crippen LogP contribution in [-0.2, 0) is 17.8 Å². The van der Waals surface area contributed by atoms with E-state index in [9.17, 15) is 4.57 Å². The second-order valence-corrected chi connectivity index (χ2v) is 8.59. The zero-order valence-electron chi connectivity index (χ0n) is 13.9. The maximum atomic E-state index is 10.8. The summed E-state index contributed by atoms with van der Waals surface area (Å²) in [6, 6.07) is 0.146. The third-order valence-corrected chi connectivity index (χ3v) is 6.58. The van der Waals surface area contributed by atoms with Crippen LogP contribution in [0.4, 0.5) is 0 Å². The van der Waals surface area contributed by atoms with Crippen LogP contribution >= 0.6 is 7.60 Å². The van der Waals surface area contributed by atoms with E-state index in [1.807, 2.05) is 0 Å². The minimum absolute atomic E-state index is 0.146. The summed E-state index contributed by atoms with van der Waals surface area (Å²) in [6.45, 7) is 13.0. The molecule has 0 aromatic rings. The van der Waals surface area contributed by atoms with Crippen molar-refractivity contribution < 1.29 is 27.6 Å². The molecule has 0 aliphatic rings. The SMILES string of the molecule is CCNCC.CCO[Si](CCP(=O)(O)O)(OCC)OCC. The predicted molar refractivity (Wildman–Crippen MR) is 86.6 cm³/mol. The van der Waals surface area contributed by atoms with Gasteiger partial charge in [0.2, 0.25) is 0 Å². The average Bonchev–Trinajstić information content (AvgIpc) is 2.38. The summed E-state index contributed by atoms with van der Waals surface area (Å²) in [5, 5.41) is 3.11. The van der Waals surface area contributed by atoms with E-state index in [1.165, 1.54) is 0 Å². The molecule has 0 aliphatic heterocycles. The van der Waals surface area contributed by atoms with Crippen molar-refractivity contribution in [3.05, 3.63) is 0 Å². The van der Waals surface area contributed by atoms with Gasteiger partial charge in [0.1, 0.15) is 0 Å². The molecule has 7 nitrogen and oxygen atoms in total. The lowest BCUT2D eigenvalue weighted by Crippen LogP contribution is -2.46. The van der Waals surface area contributed by atoms with Crippen molar-refractivity contribution in [2.75, 3.05) is 39.1 Å². The van der Waals surface area contributed by atoms with Crippen molar-refractivity contribution in [1.82, 2.24) is 5.32 Å². The third-order valence-electron chi connectivity index (χ3n) is 2.30. The standard InChI is InChI=1S/C8H21O6PSi.C4H11N/c1-4-12-16(13-5-2,14-6-3)8-7-15(9,10)11;1-3-5-4-2/h4-8H2,1-3H3,(H2,9,10,11);5H,3-4H2,1-2H3. The Kier molecular flexibility index (Phi) is 15.5. The highest BCUT2D eigenvalue weighted by atomic mass is 31.2. The zero-order chi connectivity index (χ0) is 16.8. The van der Waals surface area contributed by atoms with E-state index in [-0.39, 0.29) is 12.2 Å². The summed E-state index contributed by atoms with van der Waals surface area (Å²) < 4.78 is 27.2. The first-order valence-electron chi connectivity index (χ1n) is 7.47. The normalized spacial score (nSPS) is 12.0. The number of nitrogens with one attached hydrogen (secondary N) is 1. The summed E-state index contributed by atoms with van der Waals surface area (Å²) in [7, 11) is -6.94. The lowest BCUT2D eigenvalue weighted by molar-refractivity contribution is 0.0723. The van der Waals surface area contributed by atoms with Gasteiger partial charge in [0.15, 0.2) is 0 Å². The van der Waals surface area contributed by atoms with Crippen LogP contribution in [-0.4, -0.2) is 57.7 Å². The molecule has 0 bridgehead atoms. The smallest absolute Gasteiger partial charge is 0.374 e. The van der Waals surface area contributed by atoms with Crippen LogP contribution < -0.4 is 5.32 Å². The van der Waals surface area contributed by atoms with Gasteiger partial charge in [-0.3, -0.25) is 4.57 Å². The Labute approximate surface area is 129 Å². The topological polar surface area (TPSA) is 97.3 Å². The van der Waals surface area contributed by atoms with Gasteiger partial charge in [-0.25, -0.2) is 0 Å². The zero-order valence-corrected chi connectivity index (χ0v) is 15.8. The van der Waals surface area contributed by atoms with Crippen LogP contribution in [0.5, 0.6) is 0 Å². The van der Waals surface area contributed by atoms with E-state index in [4.69, 9.17) is 23.1 Å². The maximum absolute atomic E-state index is 10.8. The Morgan fingerprint density at radius 3 is 1.48 bits per heavy atom. The van der Waals surface area contributed by atoms with E-state index < -0.39 is 16.4 Å². The van der Waals surface area contributed by atoms with Crippen LogP contribution in [0.2, 0.25) is 6.04 Å². The fourth-order valence-corrected chi connectivity index (χ4v) is 5.80. The molecule has 21 heavy (non-hydrogen) atoms. The molecule has 0 aliphatic carbocycles. The molecule has 0 spiro atoms. The second kappa shape index (κ2) is 13.8. The minimum atomic E-state index is -4.04. The molecule has 9 heteroatoms. The molecule has 0 saturated carbocycles. The quantitative estimate of drug-likeness (QED) is 0.388. The van der Waals surface area contributed by atoms with Crippen LogP contribution in [0, 0.1) is 0 Å². The van der Waals surface area contributed by atoms with E-state index in [0.29, 0.717) is 19.8 Å². The summed E-state index contributed by atoms with van der Waals surface area (Å²) in [5.41, 5.74) is 0. The van der Waals surface area contributed by atoms with Gasteiger partial charge in [-0.2, -0.15) is 0 Å². The molecule has 0 aromatic carbocycles. The van der Waals surface area contributed by atoms with Crippen molar-refractivity contribution in [3.8, 4) is 0 Å². The average molecular weight is 345 g/mol. The second-order valence-electron chi connectivity index (χ2n) is 4.08. The van der Waals surface area contributed by atoms with E-state index in [1.54, 1.807) is 20.8 Å². The fourth-order valence-electron chi connectivity index (χ4n) is 1.53. The number of hydrogen-bond acceptors (Lipinski definition) is 5. The van der Waals surface area contributed by atoms with Gasteiger partial charge in [-0.05, 0) is 33.9 Å². The summed E-state index contributed by atoms with van der Waals surface area (Å²) in [4.78, 5) is 17.7. The van der Waals surface area contributed by atoms with Gasteiger partial charge in [-0.1, -0.05) is 13.8 Å². The Morgan fingerprint density at radius 2 is 1.29 bits per heavy atom. The molecule has 0 aromatic heterocycles. The van der Waals surface area contributed by atoms with Crippen LogP contribution in [0.1, 0.15) is 34.6 Å². The van der Waals surface area contributed by atoms with E-state index in [0.717, 1.165) is 13.1 Å². The van der Waals surface area contributed by atoms with Crippen LogP contribution in [0.15, 0.2) is 0 Å². The molecule has 0 unspecified atom stereocenters. The highest BCUT2D eigenvalue weighted by Gasteiger charge is 2.41. The molecule has 3 N–H and O–H groups in total. The van der Waals surface area contributed by atoms with E-state index >= 15 is 0 Å². The molecular weight excluding hydrogens is 313 g/mol. The Bertz CT molecular complexity index is 257. The molecule has 0 fully saturated rings. The first-order valence-corrected chi connectivity index (χ1v) is 11.2. The van der Waals surface area contributed by atoms with Gasteiger partial charge in [0, 0.05) is 25.9 Å². The van der Waals surface area contributed by atoms with Gasteiger partial charge >= 0.3 is 16.4 Å². The van der Waals surface area contributed by atoms with Gasteiger partial charge < -0.3 is 28.4 Å². The van der Waals surface area contributed by atoms with Crippen LogP contribution in [0.25, 0.3) is 0 Å². The Balaban J connectivity index is 0. The van der Waals surface area contributed by atoms with Gasteiger partial charge in [-0.15, -0.1) is 0 Å². The first kappa shape index (κ1) is 23.5. The van der Waals surface area contributed by atoms with Crippen molar-refractivity contribution in [3.63, 3.8) is 0 Å². The molecule has 0 saturated heterocycles. The Morgan fingerprint density at radius 1 is 0.905 bits per heavy atom. The molecule has 0 rings (SSSR count). The summed E-state index contributed by atoms with van der Waals surface area (Å²) in [5.74, 6) is 0. The van der Waals surface area contributed by atoms with Crippen molar-refractivity contribution in [2.24, 2.45) is 0 Å². The monoisotopic (exact) mass is 345 g/mol. The summed E-state index contributed by atoms with van der Waals surface area (Å²) in [6.07, 6.45) is -0.265. The molecule has 0 amide bonds. The number of rotatable bonds is 11. The lowest BCUT2D eigenvalue weighted by atomic mass is 10.7. The lowest BCUT2D eigenvalue weighted by Gasteiger charge is -2.28. The Hall–Kier alpha value is 0.207. The molecule has 0 atom stereocenters. The molecule has 130 valence electrons. The highest BCUT2D eigenvalue weighted by Crippen LogP contribution is 2.37. The predicted octanol–water partition coefficient (Wildman–Crippen LogP) is 1.83. The van der Waals surface area contributed by atoms with E-state index in [2.05, 4.69) is 19.2 Å². The number of hydrogen-bond donors (Lipinski definition) is 3. The van der Waals surface area contributed by atoms with Gasteiger partial charge in [0.25, 0.3) is 0 Å². The van der Waals surface area contributed by atoms with Crippen molar-refractivity contribution in [2.45, 2.75) is 40.7 Å². The first-order chi connectivity index (χ1) is 9.80. The fraction of sp³-hybridized carbons (Fsp3) is 1.00. The molecule has 0 radical (unpaired) electrons. The van der Waals surface area contributed by atoms with Gasteiger partial charge in [0.05, 0.1) is 6.16 Å². The highest BCUT2D eigenvalue weighted by molar-refractivity contribution is 7.51. The van der Waals surface area contributed by atoms with Crippen molar-refractivity contribution in [1.29, 1.82) is 0 Å². The molecular formula is C12H32NO6PSi. The van der Waals surface area contributed by atoms with Crippen LogP contribution in [0.3, 0.4) is 0 Å². The maximum Gasteiger partial charge on any atom is 0.501 e. The van der Waals surface area contributed by atoms with Crippen molar-refractivity contribution >= 4 is 16.4 Å². The molecule has 0 heterocycles. The summed E-state index contributed by atoms with van der Waals surface area (Å²) >= 11 is 0.